The largest absolute Gasteiger partial charge is 0.347 e. The van der Waals surface area contributed by atoms with Crippen LogP contribution in [0.3, 0.4) is 0 Å². The monoisotopic (exact) mass is 457 g/mol. The van der Waals surface area contributed by atoms with Crippen molar-refractivity contribution in [2.45, 2.75) is 77.2 Å². The molecular weight excluding hydrogens is 429 g/mol. The molecule has 1 amide bonds. The van der Waals surface area contributed by atoms with E-state index in [4.69, 9.17) is 28.3 Å². The molecule has 4 aliphatic rings. The summed E-state index contributed by atoms with van der Waals surface area (Å²) in [4.78, 5) is 13.7. The van der Waals surface area contributed by atoms with Crippen LogP contribution in [0.2, 0.25) is 10.0 Å². The third kappa shape index (κ3) is 2.73. The first-order chi connectivity index (χ1) is 14.7. The number of nitrogens with zero attached hydrogens (tertiary/aromatic N) is 2. The van der Waals surface area contributed by atoms with Crippen LogP contribution < -0.4 is 5.32 Å². The Kier molecular flexibility index (Phi) is 4.22. The number of aromatic nitrogens is 2. The molecule has 4 aliphatic carbocycles. The van der Waals surface area contributed by atoms with Crippen LogP contribution in [0.4, 0.5) is 0 Å². The van der Waals surface area contributed by atoms with Gasteiger partial charge in [0.1, 0.15) is 0 Å². The molecule has 1 N–H and O–H groups in total. The Bertz CT molecular complexity index is 1100. The van der Waals surface area contributed by atoms with Crippen LogP contribution in [0, 0.1) is 16.7 Å². The van der Waals surface area contributed by atoms with Gasteiger partial charge in [-0.2, -0.15) is 5.10 Å². The van der Waals surface area contributed by atoms with Gasteiger partial charge in [-0.1, -0.05) is 44.0 Å². The summed E-state index contributed by atoms with van der Waals surface area (Å²) in [7, 11) is 0. The fraction of sp³-hybridized carbons (Fsp3) is 0.600. The number of hydrogen-bond acceptors (Lipinski definition) is 2. The molecule has 1 heterocycles. The maximum Gasteiger partial charge on any atom is 0.272 e. The average Bonchev–Trinajstić information content (AvgIpc) is 3.48. The summed E-state index contributed by atoms with van der Waals surface area (Å²) < 4.78 is 1.93. The molecule has 3 saturated carbocycles. The van der Waals surface area contributed by atoms with E-state index in [1.165, 1.54) is 25.0 Å². The number of nitrogens with one attached hydrogen (secondary N) is 1. The molecule has 164 valence electrons. The predicted octanol–water partition coefficient (Wildman–Crippen LogP) is 6.49. The second-order valence-corrected chi connectivity index (χ2v) is 12.0. The lowest BCUT2D eigenvalue weighted by Gasteiger charge is -2.43. The molecule has 31 heavy (non-hydrogen) atoms. The van der Waals surface area contributed by atoms with Crippen LogP contribution in [0.15, 0.2) is 18.2 Å². The Morgan fingerprint density at radius 1 is 1.16 bits per heavy atom. The number of carbonyl (C=O) groups excluding carboxylic acids is 1. The van der Waals surface area contributed by atoms with E-state index in [9.17, 15) is 4.79 Å². The molecule has 2 aromatic rings. The first kappa shape index (κ1) is 20.1. The molecule has 5 atom stereocenters. The number of amides is 1. The molecule has 4 bridgehead atoms. The summed E-state index contributed by atoms with van der Waals surface area (Å²) in [5.41, 5.74) is 4.06. The fourth-order valence-electron chi connectivity index (χ4n) is 7.60. The summed E-state index contributed by atoms with van der Waals surface area (Å²) in [5, 5.41) is 9.52. The van der Waals surface area contributed by atoms with Crippen molar-refractivity contribution in [3.8, 4) is 5.69 Å². The number of halogens is 2. The summed E-state index contributed by atoms with van der Waals surface area (Å²) >= 11 is 12.7. The van der Waals surface area contributed by atoms with Gasteiger partial charge in [-0.05, 0) is 79.4 Å². The molecule has 0 aliphatic heterocycles. The Hall–Kier alpha value is -1.52. The molecule has 1 aromatic heterocycles. The van der Waals surface area contributed by atoms with Crippen molar-refractivity contribution in [2.24, 2.45) is 16.7 Å². The van der Waals surface area contributed by atoms with E-state index in [1.807, 2.05) is 16.8 Å². The quantitative estimate of drug-likeness (QED) is 0.572. The Morgan fingerprint density at radius 3 is 2.65 bits per heavy atom. The zero-order chi connectivity index (χ0) is 21.7. The van der Waals surface area contributed by atoms with Gasteiger partial charge in [-0.25, -0.2) is 4.68 Å². The van der Waals surface area contributed by atoms with Gasteiger partial charge in [-0.15, -0.1) is 0 Å². The molecule has 5 unspecified atom stereocenters. The zero-order valence-electron chi connectivity index (χ0n) is 18.3. The number of carbonyl (C=O) groups is 1. The highest BCUT2D eigenvalue weighted by Gasteiger charge is 2.60. The molecule has 4 nitrogen and oxygen atoms in total. The van der Waals surface area contributed by atoms with Crippen molar-refractivity contribution in [2.75, 3.05) is 0 Å². The summed E-state index contributed by atoms with van der Waals surface area (Å²) in [6.07, 6.45) is 7.11. The van der Waals surface area contributed by atoms with Gasteiger partial charge in [0.2, 0.25) is 0 Å². The van der Waals surface area contributed by atoms with E-state index in [2.05, 4.69) is 26.1 Å². The molecule has 1 aromatic carbocycles. The van der Waals surface area contributed by atoms with Crippen LogP contribution in [-0.2, 0) is 0 Å². The van der Waals surface area contributed by atoms with Crippen molar-refractivity contribution in [3.05, 3.63) is 45.2 Å². The highest BCUT2D eigenvalue weighted by Crippen LogP contribution is 2.62. The average molecular weight is 458 g/mol. The van der Waals surface area contributed by atoms with E-state index in [1.54, 1.807) is 6.07 Å². The van der Waals surface area contributed by atoms with Gasteiger partial charge in [0.25, 0.3) is 5.91 Å². The third-order valence-electron chi connectivity index (χ3n) is 9.09. The minimum Gasteiger partial charge on any atom is -0.347 e. The van der Waals surface area contributed by atoms with E-state index in [-0.39, 0.29) is 22.8 Å². The van der Waals surface area contributed by atoms with Gasteiger partial charge in [0.05, 0.1) is 16.4 Å². The fourth-order valence-corrected chi connectivity index (χ4v) is 8.09. The Balaban J connectivity index is 1.41. The molecule has 6 rings (SSSR count). The van der Waals surface area contributed by atoms with E-state index < -0.39 is 0 Å². The van der Waals surface area contributed by atoms with Gasteiger partial charge >= 0.3 is 0 Å². The summed E-state index contributed by atoms with van der Waals surface area (Å²) in [6, 6.07) is 5.68. The maximum atomic E-state index is 13.7. The number of hydrogen-bond donors (Lipinski definition) is 1. The summed E-state index contributed by atoms with van der Waals surface area (Å²) in [5.74, 6) is 1.57. The van der Waals surface area contributed by atoms with E-state index in [0.717, 1.165) is 30.5 Å². The van der Waals surface area contributed by atoms with Gasteiger partial charge in [0, 0.05) is 22.5 Å². The summed E-state index contributed by atoms with van der Waals surface area (Å²) in [6.45, 7) is 7.00. The van der Waals surface area contributed by atoms with Crippen LogP contribution in [0.5, 0.6) is 0 Å². The van der Waals surface area contributed by atoms with Crippen molar-refractivity contribution in [1.29, 1.82) is 0 Å². The first-order valence-corrected chi connectivity index (χ1v) is 12.3. The molecule has 6 heteroatoms. The molecule has 0 spiro atoms. The van der Waals surface area contributed by atoms with Gasteiger partial charge in [-0.3, -0.25) is 4.79 Å². The first-order valence-electron chi connectivity index (χ1n) is 11.6. The smallest absolute Gasteiger partial charge is 0.272 e. The predicted molar refractivity (Wildman–Crippen MR) is 123 cm³/mol. The Morgan fingerprint density at radius 2 is 1.94 bits per heavy atom. The standard InChI is InChI=1S/C25H29Cl2N3O/c1-24(2)15-8-9-25(3,12-15)23(24)28-22(31)20-19-13-4-5-14(10-13)21(19)30(29-20)18-7-6-16(26)11-17(18)27/h6-7,11,13-15,23H,4-5,8-10,12H2,1-3H3,(H,28,31). The molecule has 0 radical (unpaired) electrons. The Labute approximate surface area is 193 Å². The second kappa shape index (κ2) is 6.51. The van der Waals surface area contributed by atoms with Gasteiger partial charge < -0.3 is 5.32 Å². The SMILES string of the molecule is CC12CCC(C1)C(C)(C)C2NC(=O)c1nn(-c2ccc(Cl)cc2Cl)c2c1C1CCC2C1. The highest BCUT2D eigenvalue weighted by atomic mass is 35.5. The topological polar surface area (TPSA) is 46.9 Å². The minimum atomic E-state index is -0.0144. The zero-order valence-corrected chi connectivity index (χ0v) is 19.9. The number of rotatable bonds is 3. The van der Waals surface area contributed by atoms with Crippen molar-refractivity contribution >= 4 is 29.1 Å². The molecular formula is C25H29Cl2N3O. The van der Waals surface area contributed by atoms with Crippen molar-refractivity contribution in [1.82, 2.24) is 15.1 Å². The number of benzene rings is 1. The second-order valence-electron chi connectivity index (χ2n) is 11.2. The normalized spacial score (nSPS) is 34.4. The molecule has 3 fully saturated rings. The van der Waals surface area contributed by atoms with Crippen molar-refractivity contribution in [3.63, 3.8) is 0 Å². The highest BCUT2D eigenvalue weighted by molar-refractivity contribution is 6.35. The lowest BCUT2D eigenvalue weighted by atomic mass is 9.68. The molecule has 0 saturated heterocycles. The lowest BCUT2D eigenvalue weighted by Crippen LogP contribution is -2.52. The van der Waals surface area contributed by atoms with Crippen LogP contribution in [0.1, 0.15) is 92.9 Å². The van der Waals surface area contributed by atoms with Crippen LogP contribution in [0.25, 0.3) is 5.69 Å². The van der Waals surface area contributed by atoms with E-state index in [0.29, 0.717) is 33.5 Å². The van der Waals surface area contributed by atoms with Crippen LogP contribution >= 0.6 is 23.2 Å². The van der Waals surface area contributed by atoms with Crippen LogP contribution in [-0.4, -0.2) is 21.7 Å². The van der Waals surface area contributed by atoms with Gasteiger partial charge in [0.15, 0.2) is 5.69 Å². The van der Waals surface area contributed by atoms with Crippen molar-refractivity contribution < 1.29 is 4.79 Å². The lowest BCUT2D eigenvalue weighted by molar-refractivity contribution is 0.0731. The minimum absolute atomic E-state index is 0.0144. The third-order valence-corrected chi connectivity index (χ3v) is 9.62. The van der Waals surface area contributed by atoms with E-state index >= 15 is 0 Å². The maximum absolute atomic E-state index is 13.7. The number of fused-ring (bicyclic) bond motifs is 7.